The lowest BCUT2D eigenvalue weighted by molar-refractivity contribution is -0.116. The molecule has 3 aromatic rings. The number of nitrogens with one attached hydrogen (secondary N) is 1. The van der Waals surface area contributed by atoms with Crippen molar-refractivity contribution in [1.82, 2.24) is 10.3 Å². The second-order valence-corrected chi connectivity index (χ2v) is 7.05. The van der Waals surface area contributed by atoms with Gasteiger partial charge in [0.15, 0.2) is 0 Å². The highest BCUT2D eigenvalue weighted by Gasteiger charge is 2.25. The molecule has 1 amide bonds. The van der Waals surface area contributed by atoms with Crippen LogP contribution in [0.5, 0.6) is 5.75 Å². The summed E-state index contributed by atoms with van der Waals surface area (Å²) in [5.74, 6) is 0.805. The lowest BCUT2D eigenvalue weighted by Gasteiger charge is -2.13. The molecule has 1 aliphatic rings. The smallest absolute Gasteiger partial charge is 0.244 e. The van der Waals surface area contributed by atoms with Gasteiger partial charge in [-0.05, 0) is 40.8 Å². The number of carbonyl (C=O) groups is 1. The molecule has 26 heavy (non-hydrogen) atoms. The van der Waals surface area contributed by atoms with Crippen LogP contribution in [0.2, 0.25) is 0 Å². The number of para-hydroxylation sites is 1. The largest absolute Gasteiger partial charge is 0.487 e. The van der Waals surface area contributed by atoms with Gasteiger partial charge in [-0.25, -0.2) is 0 Å². The van der Waals surface area contributed by atoms with Gasteiger partial charge in [0.1, 0.15) is 11.9 Å². The summed E-state index contributed by atoms with van der Waals surface area (Å²) < 4.78 is 6.14. The third kappa shape index (κ3) is 3.68. The number of ether oxygens (including phenoxy) is 1. The van der Waals surface area contributed by atoms with Crippen LogP contribution in [0, 0.1) is 0 Å². The maximum atomic E-state index is 12.0. The third-order valence-corrected chi connectivity index (χ3v) is 5.10. The number of hydrogen-bond donors (Lipinski definition) is 1. The summed E-state index contributed by atoms with van der Waals surface area (Å²) in [4.78, 5) is 17.1. The number of fused-ring (bicyclic) bond motifs is 1. The topological polar surface area (TPSA) is 51.2 Å². The molecule has 0 aliphatic carbocycles. The minimum atomic E-state index is -0.104. The van der Waals surface area contributed by atoms with E-state index in [-0.39, 0.29) is 12.0 Å². The molecule has 3 heterocycles. The van der Waals surface area contributed by atoms with Crippen molar-refractivity contribution in [3.63, 3.8) is 0 Å². The molecule has 0 saturated carbocycles. The van der Waals surface area contributed by atoms with Crippen LogP contribution in [0.3, 0.4) is 0 Å². The van der Waals surface area contributed by atoms with Gasteiger partial charge in [0.05, 0.1) is 6.54 Å². The van der Waals surface area contributed by atoms with Gasteiger partial charge < -0.3 is 10.1 Å². The second-order valence-electron chi connectivity index (χ2n) is 6.07. The van der Waals surface area contributed by atoms with Crippen LogP contribution < -0.4 is 10.1 Å². The Labute approximate surface area is 156 Å². The first-order chi connectivity index (χ1) is 12.8. The van der Waals surface area contributed by atoms with Crippen molar-refractivity contribution in [2.24, 2.45) is 0 Å². The number of amides is 1. The van der Waals surface area contributed by atoms with Gasteiger partial charge in [-0.1, -0.05) is 24.3 Å². The molecule has 4 nitrogen and oxygen atoms in total. The Hall–Kier alpha value is -2.92. The first-order valence-electron chi connectivity index (χ1n) is 8.48. The van der Waals surface area contributed by atoms with Crippen molar-refractivity contribution < 1.29 is 9.53 Å². The molecule has 1 aliphatic heterocycles. The van der Waals surface area contributed by atoms with Crippen LogP contribution in [0.25, 0.3) is 17.2 Å². The molecule has 1 N–H and O–H groups in total. The molecule has 0 fully saturated rings. The van der Waals surface area contributed by atoms with E-state index in [1.807, 2.05) is 41.8 Å². The fourth-order valence-corrected chi connectivity index (χ4v) is 3.65. The highest BCUT2D eigenvalue weighted by atomic mass is 32.1. The lowest BCUT2D eigenvalue weighted by Crippen LogP contribution is -2.33. The molecule has 0 radical (unpaired) electrons. The summed E-state index contributed by atoms with van der Waals surface area (Å²) in [5.41, 5.74) is 3.32. The van der Waals surface area contributed by atoms with Crippen LogP contribution >= 0.6 is 11.3 Å². The first kappa shape index (κ1) is 16.5. The molecule has 1 atom stereocenters. The maximum Gasteiger partial charge on any atom is 0.244 e. The number of benzene rings is 1. The fraction of sp³-hybridized carbons (Fsp3) is 0.143. The number of aromatic nitrogens is 1. The monoisotopic (exact) mass is 362 g/mol. The van der Waals surface area contributed by atoms with E-state index in [4.69, 9.17) is 4.74 Å². The van der Waals surface area contributed by atoms with Crippen molar-refractivity contribution in [2.45, 2.75) is 12.5 Å². The van der Waals surface area contributed by atoms with Gasteiger partial charge in [-0.3, -0.25) is 9.78 Å². The van der Waals surface area contributed by atoms with E-state index in [1.165, 1.54) is 5.56 Å². The van der Waals surface area contributed by atoms with Gasteiger partial charge in [-0.15, -0.1) is 11.3 Å². The number of nitrogens with zero attached hydrogens (tertiary/aromatic N) is 1. The van der Waals surface area contributed by atoms with E-state index in [9.17, 15) is 4.79 Å². The molecule has 4 rings (SSSR count). The van der Waals surface area contributed by atoms with E-state index >= 15 is 0 Å². The van der Waals surface area contributed by atoms with E-state index in [0.29, 0.717) is 6.54 Å². The zero-order valence-corrected chi connectivity index (χ0v) is 14.9. The summed E-state index contributed by atoms with van der Waals surface area (Å²) in [6.45, 7) is 0.484. The number of carbonyl (C=O) groups excluding carboxylic acids is 1. The summed E-state index contributed by atoms with van der Waals surface area (Å²) >= 11 is 1.60. The molecule has 0 bridgehead atoms. The molecule has 2 aromatic heterocycles. The zero-order valence-electron chi connectivity index (χ0n) is 14.1. The molecule has 0 unspecified atom stereocenters. The van der Waals surface area contributed by atoms with Gasteiger partial charge in [-0.2, -0.15) is 0 Å². The molecular weight excluding hydrogens is 344 g/mol. The van der Waals surface area contributed by atoms with Crippen molar-refractivity contribution in [3.8, 4) is 16.9 Å². The van der Waals surface area contributed by atoms with E-state index < -0.39 is 0 Å². The van der Waals surface area contributed by atoms with Crippen LogP contribution in [-0.2, 0) is 11.2 Å². The number of hydrogen-bond acceptors (Lipinski definition) is 4. The van der Waals surface area contributed by atoms with Crippen molar-refractivity contribution in [1.29, 1.82) is 0 Å². The summed E-state index contributed by atoms with van der Waals surface area (Å²) in [6, 6.07) is 14.1. The number of thiophene rings is 1. The predicted molar refractivity (Wildman–Crippen MR) is 104 cm³/mol. The van der Waals surface area contributed by atoms with Crippen molar-refractivity contribution in [2.75, 3.05) is 6.54 Å². The average molecular weight is 362 g/mol. The van der Waals surface area contributed by atoms with Gasteiger partial charge in [0.2, 0.25) is 5.91 Å². The normalized spacial score (nSPS) is 15.6. The highest BCUT2D eigenvalue weighted by molar-refractivity contribution is 7.10. The van der Waals surface area contributed by atoms with E-state index in [2.05, 4.69) is 22.4 Å². The standard InChI is InChI=1S/C21H18N2O2S/c24-20(7-6-18-4-2-12-26-18)23-14-17-13-16-3-1-5-19(21(16)25-17)15-8-10-22-11-9-15/h1-12,17H,13-14H2,(H,23,24)/b7-6+/t17-/m0/s1. The Balaban J connectivity index is 1.39. The molecule has 5 heteroatoms. The first-order valence-corrected chi connectivity index (χ1v) is 9.36. The Morgan fingerprint density at radius 3 is 2.92 bits per heavy atom. The molecule has 1 aromatic carbocycles. The predicted octanol–water partition coefficient (Wildman–Crippen LogP) is 3.94. The summed E-state index contributed by atoms with van der Waals surface area (Å²) in [5, 5.41) is 4.91. The zero-order chi connectivity index (χ0) is 17.8. The van der Waals surface area contributed by atoms with Crippen LogP contribution in [-0.4, -0.2) is 23.5 Å². The maximum absolute atomic E-state index is 12.0. The minimum Gasteiger partial charge on any atom is -0.487 e. The fourth-order valence-electron chi connectivity index (χ4n) is 3.03. The van der Waals surface area contributed by atoms with E-state index in [1.54, 1.807) is 29.8 Å². The Morgan fingerprint density at radius 1 is 1.23 bits per heavy atom. The average Bonchev–Trinajstić information content (AvgIpc) is 3.34. The second kappa shape index (κ2) is 7.54. The Kier molecular flexibility index (Phi) is 4.80. The van der Waals surface area contributed by atoms with Crippen LogP contribution in [0.4, 0.5) is 0 Å². The Bertz CT molecular complexity index is 920. The van der Waals surface area contributed by atoms with Crippen molar-refractivity contribution in [3.05, 3.63) is 76.8 Å². The van der Waals surface area contributed by atoms with E-state index in [0.717, 1.165) is 28.2 Å². The highest BCUT2D eigenvalue weighted by Crippen LogP contribution is 2.38. The minimum absolute atomic E-state index is 0.0490. The quantitative estimate of drug-likeness (QED) is 0.700. The number of rotatable bonds is 5. The summed E-state index contributed by atoms with van der Waals surface area (Å²) in [7, 11) is 0. The number of pyridine rings is 1. The van der Waals surface area contributed by atoms with Gasteiger partial charge in [0.25, 0.3) is 0 Å². The van der Waals surface area contributed by atoms with Gasteiger partial charge >= 0.3 is 0 Å². The molecule has 130 valence electrons. The molecular formula is C21H18N2O2S. The third-order valence-electron chi connectivity index (χ3n) is 4.27. The van der Waals surface area contributed by atoms with Gasteiger partial charge in [0, 0.05) is 35.3 Å². The Morgan fingerprint density at radius 2 is 2.12 bits per heavy atom. The summed E-state index contributed by atoms with van der Waals surface area (Å²) in [6.07, 6.45) is 7.69. The lowest BCUT2D eigenvalue weighted by atomic mass is 10.0. The molecule has 0 saturated heterocycles. The molecule has 0 spiro atoms. The van der Waals surface area contributed by atoms with Crippen LogP contribution in [0.1, 0.15) is 10.4 Å². The van der Waals surface area contributed by atoms with Crippen LogP contribution in [0.15, 0.2) is 66.3 Å². The van der Waals surface area contributed by atoms with Crippen molar-refractivity contribution >= 4 is 23.3 Å². The SMILES string of the molecule is O=C(/C=C/c1cccs1)NC[C@@H]1Cc2cccc(-c3ccncc3)c2O1.